The maximum Gasteiger partial charge on any atom is 0.259 e. The van der Waals surface area contributed by atoms with Crippen LogP contribution in [0.5, 0.6) is 11.5 Å². The molecule has 3 amide bonds. The molecule has 39 heavy (non-hydrogen) atoms. The van der Waals surface area contributed by atoms with Gasteiger partial charge in [-0.2, -0.15) is 0 Å². The molecule has 3 aromatic rings. The van der Waals surface area contributed by atoms with Crippen molar-refractivity contribution in [2.45, 2.75) is 25.8 Å². The second-order valence-electron chi connectivity index (χ2n) is 10.0. The molecule has 3 aromatic carbocycles. The van der Waals surface area contributed by atoms with Crippen LogP contribution in [0.3, 0.4) is 0 Å². The lowest BCUT2D eigenvalue weighted by molar-refractivity contribution is -0.116. The highest BCUT2D eigenvalue weighted by atomic mass is 16.7. The zero-order valence-corrected chi connectivity index (χ0v) is 21.7. The second-order valence-corrected chi connectivity index (χ2v) is 10.0. The Morgan fingerprint density at radius 3 is 2.49 bits per heavy atom. The van der Waals surface area contributed by atoms with Crippen molar-refractivity contribution in [1.29, 1.82) is 0 Å². The van der Waals surface area contributed by atoms with Crippen LogP contribution in [0.4, 0.5) is 11.4 Å². The minimum atomic E-state index is -0.553. The lowest BCUT2D eigenvalue weighted by Crippen LogP contribution is -2.35. The Labute approximate surface area is 226 Å². The number of anilines is 2. The summed E-state index contributed by atoms with van der Waals surface area (Å²) < 4.78 is 10.9. The van der Waals surface area contributed by atoms with Gasteiger partial charge >= 0.3 is 0 Å². The van der Waals surface area contributed by atoms with Crippen LogP contribution in [0, 0.1) is 6.92 Å². The predicted octanol–water partition coefficient (Wildman–Crippen LogP) is 3.89. The first kappa shape index (κ1) is 24.9. The van der Waals surface area contributed by atoms with Crippen molar-refractivity contribution in [3.05, 3.63) is 82.9 Å². The Hall–Kier alpha value is -4.37. The molecule has 3 aliphatic rings. The Kier molecular flexibility index (Phi) is 6.66. The highest BCUT2D eigenvalue weighted by Crippen LogP contribution is 2.41. The summed E-state index contributed by atoms with van der Waals surface area (Å²) in [4.78, 5) is 44.2. The van der Waals surface area contributed by atoms with Crippen LogP contribution in [-0.4, -0.2) is 55.6 Å². The predicted molar refractivity (Wildman–Crippen MR) is 146 cm³/mol. The molecule has 1 saturated heterocycles. The Balaban J connectivity index is 1.43. The molecule has 6 rings (SSSR count). The second kappa shape index (κ2) is 10.4. The van der Waals surface area contributed by atoms with E-state index in [0.717, 1.165) is 30.6 Å². The number of carbonyl (C=O) groups excluding carboxylic acids is 3. The fourth-order valence-corrected chi connectivity index (χ4v) is 5.32. The summed E-state index contributed by atoms with van der Waals surface area (Å²) in [5.41, 5.74) is 3.77. The maximum atomic E-state index is 14.2. The molecule has 1 fully saturated rings. The number of hydrogen-bond acceptors (Lipinski definition) is 6. The first-order valence-electron chi connectivity index (χ1n) is 13.2. The Morgan fingerprint density at radius 1 is 0.872 bits per heavy atom. The summed E-state index contributed by atoms with van der Waals surface area (Å²) in [6, 6.07) is 17.6. The molecule has 1 atom stereocenters. The van der Waals surface area contributed by atoms with Crippen LogP contribution < -0.4 is 25.0 Å². The van der Waals surface area contributed by atoms with Gasteiger partial charge < -0.3 is 25.0 Å². The number of ether oxygens (including phenoxy) is 2. The lowest BCUT2D eigenvalue weighted by atomic mass is 9.98. The van der Waals surface area contributed by atoms with E-state index in [-0.39, 0.29) is 30.9 Å². The molecular formula is C30H30N4O5. The van der Waals surface area contributed by atoms with Gasteiger partial charge in [-0.3, -0.25) is 19.3 Å². The van der Waals surface area contributed by atoms with Gasteiger partial charge in [-0.25, -0.2) is 0 Å². The molecule has 3 heterocycles. The van der Waals surface area contributed by atoms with Crippen molar-refractivity contribution in [2.24, 2.45) is 0 Å². The average Bonchev–Trinajstić information content (AvgIpc) is 3.16. The van der Waals surface area contributed by atoms with Crippen molar-refractivity contribution >= 4 is 29.1 Å². The molecular weight excluding hydrogens is 496 g/mol. The highest BCUT2D eigenvalue weighted by Gasteiger charge is 2.35. The van der Waals surface area contributed by atoms with Crippen molar-refractivity contribution in [3.63, 3.8) is 0 Å². The highest BCUT2D eigenvalue weighted by molar-refractivity contribution is 6.12. The van der Waals surface area contributed by atoms with Crippen molar-refractivity contribution < 1.29 is 23.9 Å². The smallest absolute Gasteiger partial charge is 0.259 e. The number of hydrogen-bond donors (Lipinski definition) is 2. The fourth-order valence-electron chi connectivity index (χ4n) is 5.32. The first-order valence-corrected chi connectivity index (χ1v) is 13.2. The van der Waals surface area contributed by atoms with Gasteiger partial charge in [0.15, 0.2) is 11.5 Å². The normalized spacial score (nSPS) is 18.6. The summed E-state index contributed by atoms with van der Waals surface area (Å²) in [7, 11) is 0. The molecule has 0 aliphatic carbocycles. The number of carbonyl (C=O) groups is 3. The number of aryl methyl sites for hydroxylation is 1. The molecule has 0 spiro atoms. The van der Waals surface area contributed by atoms with Crippen LogP contribution >= 0.6 is 0 Å². The van der Waals surface area contributed by atoms with E-state index in [0.29, 0.717) is 47.1 Å². The summed E-state index contributed by atoms with van der Waals surface area (Å²) in [6.07, 6.45) is 0.943. The van der Waals surface area contributed by atoms with E-state index in [9.17, 15) is 14.4 Å². The summed E-state index contributed by atoms with van der Waals surface area (Å²) in [5.74, 6) is 0.482. The third-order valence-electron chi connectivity index (χ3n) is 7.40. The molecule has 2 N–H and O–H groups in total. The van der Waals surface area contributed by atoms with Gasteiger partial charge in [0.1, 0.15) is 0 Å². The lowest BCUT2D eigenvalue weighted by Gasteiger charge is -2.31. The first-order chi connectivity index (χ1) is 19.0. The van der Waals surface area contributed by atoms with Gasteiger partial charge in [0.25, 0.3) is 11.8 Å². The topological polar surface area (TPSA) is 100 Å². The molecule has 0 radical (unpaired) electrons. The largest absolute Gasteiger partial charge is 0.454 e. The van der Waals surface area contributed by atoms with Gasteiger partial charge in [-0.05, 0) is 61.9 Å². The van der Waals surface area contributed by atoms with E-state index in [1.54, 1.807) is 41.3 Å². The van der Waals surface area contributed by atoms with E-state index >= 15 is 0 Å². The quantitative estimate of drug-likeness (QED) is 0.537. The molecule has 0 aromatic heterocycles. The number of benzene rings is 3. The SMILES string of the molecule is Cc1ccc(C2CC(=O)Nc3cc(C(=O)N4CCCNCC4)ccc3N2C(=O)c2ccc3c(c2)OCO3)cc1. The number of fused-ring (bicyclic) bond motifs is 2. The third-order valence-corrected chi connectivity index (χ3v) is 7.40. The minimum absolute atomic E-state index is 0.0646. The Bertz CT molecular complexity index is 1430. The number of rotatable bonds is 3. The van der Waals surface area contributed by atoms with Gasteiger partial charge in [-0.15, -0.1) is 0 Å². The van der Waals surface area contributed by atoms with Crippen LogP contribution in [0.1, 0.15) is 50.7 Å². The van der Waals surface area contributed by atoms with Crippen LogP contribution in [0.25, 0.3) is 0 Å². The van der Waals surface area contributed by atoms with E-state index in [2.05, 4.69) is 10.6 Å². The summed E-state index contributed by atoms with van der Waals surface area (Å²) in [5, 5.41) is 6.27. The molecule has 9 heteroatoms. The zero-order chi connectivity index (χ0) is 26.9. The molecule has 3 aliphatic heterocycles. The fraction of sp³-hybridized carbons (Fsp3) is 0.300. The minimum Gasteiger partial charge on any atom is -0.454 e. The number of amides is 3. The van der Waals surface area contributed by atoms with Gasteiger partial charge in [0.2, 0.25) is 12.7 Å². The van der Waals surface area contributed by atoms with Crippen LogP contribution in [0.2, 0.25) is 0 Å². The molecule has 0 bridgehead atoms. The van der Waals surface area contributed by atoms with Gasteiger partial charge in [-0.1, -0.05) is 29.8 Å². The summed E-state index contributed by atoms with van der Waals surface area (Å²) in [6.45, 7) is 5.00. The molecule has 0 saturated carbocycles. The van der Waals surface area contributed by atoms with E-state index in [1.165, 1.54) is 0 Å². The van der Waals surface area contributed by atoms with Crippen molar-refractivity contribution in [1.82, 2.24) is 10.2 Å². The van der Waals surface area contributed by atoms with Crippen molar-refractivity contribution in [2.75, 3.05) is 43.2 Å². The standard InChI is InChI=1S/C30H30N4O5/c1-19-3-5-20(6-4-19)25-17-28(35)32-23-15-21(29(36)33-13-2-11-31-12-14-33)7-9-24(23)34(25)30(37)22-8-10-26-27(16-22)39-18-38-26/h3-10,15-16,25,31H,2,11-14,17-18H2,1H3,(H,32,35). The summed E-state index contributed by atoms with van der Waals surface area (Å²) >= 11 is 0. The van der Waals surface area contributed by atoms with Crippen LogP contribution in [0.15, 0.2) is 60.7 Å². The Morgan fingerprint density at radius 2 is 1.64 bits per heavy atom. The monoisotopic (exact) mass is 526 g/mol. The molecule has 200 valence electrons. The van der Waals surface area contributed by atoms with E-state index < -0.39 is 6.04 Å². The van der Waals surface area contributed by atoms with Crippen molar-refractivity contribution in [3.8, 4) is 11.5 Å². The number of nitrogens with zero attached hydrogens (tertiary/aromatic N) is 2. The zero-order valence-electron chi connectivity index (χ0n) is 21.7. The third kappa shape index (κ3) is 4.93. The molecule has 9 nitrogen and oxygen atoms in total. The molecule has 1 unspecified atom stereocenters. The average molecular weight is 527 g/mol. The maximum absolute atomic E-state index is 14.2. The van der Waals surface area contributed by atoms with E-state index in [1.807, 2.05) is 36.1 Å². The number of nitrogens with one attached hydrogen (secondary N) is 2. The van der Waals surface area contributed by atoms with Gasteiger partial charge in [0, 0.05) is 30.8 Å². The van der Waals surface area contributed by atoms with Gasteiger partial charge in [0.05, 0.1) is 23.8 Å². The van der Waals surface area contributed by atoms with Crippen LogP contribution in [-0.2, 0) is 4.79 Å². The van der Waals surface area contributed by atoms with E-state index in [4.69, 9.17) is 9.47 Å².